The molecule has 1 unspecified atom stereocenters. The molecule has 0 aliphatic heterocycles. The van der Waals surface area contributed by atoms with Crippen LogP contribution < -0.4 is 5.32 Å². The maximum absolute atomic E-state index is 4.55. The highest BCUT2D eigenvalue weighted by Crippen LogP contribution is 2.25. The van der Waals surface area contributed by atoms with E-state index >= 15 is 0 Å². The molecule has 1 atom stereocenters. The summed E-state index contributed by atoms with van der Waals surface area (Å²) in [5.41, 5.74) is 6.11. The molecule has 4 aromatic rings. The molecule has 2 aromatic heterocycles. The van der Waals surface area contributed by atoms with Crippen molar-refractivity contribution in [3.8, 4) is 11.4 Å². The largest absolute Gasteiger partial charge is 0.388 e. The van der Waals surface area contributed by atoms with E-state index in [1.165, 1.54) is 16.7 Å². The lowest BCUT2D eigenvalue weighted by Crippen LogP contribution is -2.07. The number of rotatable bonds is 6. The predicted octanol–water partition coefficient (Wildman–Crippen LogP) is 5.19. The van der Waals surface area contributed by atoms with Gasteiger partial charge in [-0.05, 0) is 54.3 Å². The molecule has 0 radical (unpaired) electrons. The molecule has 4 nitrogen and oxygen atoms in total. The minimum atomic E-state index is 0.203. The Kier molecular flexibility index (Phi) is 5.20. The number of pyridine rings is 1. The van der Waals surface area contributed by atoms with Crippen molar-refractivity contribution in [1.29, 1.82) is 0 Å². The maximum Gasteiger partial charge on any atom is 0.140 e. The molecule has 0 amide bonds. The van der Waals surface area contributed by atoms with Crippen LogP contribution in [0.2, 0.25) is 0 Å². The van der Waals surface area contributed by atoms with Gasteiger partial charge >= 0.3 is 0 Å². The fraction of sp³-hybridized carbons (Fsp3) is 0.167. The molecule has 0 bridgehead atoms. The molecule has 2 heterocycles. The maximum atomic E-state index is 4.55. The summed E-state index contributed by atoms with van der Waals surface area (Å²) in [5.74, 6) is 0.962. The first-order valence-corrected chi connectivity index (χ1v) is 9.53. The summed E-state index contributed by atoms with van der Waals surface area (Å²) >= 11 is 0. The van der Waals surface area contributed by atoms with Crippen molar-refractivity contribution in [1.82, 2.24) is 14.5 Å². The van der Waals surface area contributed by atoms with Crippen molar-refractivity contribution in [3.63, 3.8) is 0 Å². The van der Waals surface area contributed by atoms with Gasteiger partial charge in [0.05, 0.1) is 6.04 Å². The average Bonchev–Trinajstić information content (AvgIpc) is 3.25. The van der Waals surface area contributed by atoms with E-state index in [4.69, 9.17) is 0 Å². The molecular formula is C24H24N4. The molecule has 28 heavy (non-hydrogen) atoms. The number of nitrogens with zero attached hydrogens (tertiary/aromatic N) is 3. The van der Waals surface area contributed by atoms with Crippen molar-refractivity contribution in [3.05, 3.63) is 102 Å². The lowest BCUT2D eigenvalue weighted by atomic mass is 10.0. The molecule has 4 rings (SSSR count). The normalized spacial score (nSPS) is 11.9. The van der Waals surface area contributed by atoms with Crippen molar-refractivity contribution in [2.75, 3.05) is 12.4 Å². The summed E-state index contributed by atoms with van der Waals surface area (Å²) in [7, 11) is 1.94. The standard InChI is InChI=1S/C24H24N4/c1-18(28-16-15-27-24(28)22-11-13-26-14-12-22)21-7-3-19(4-8-21)17-20-5-9-23(25-2)10-6-20/h3-16,18,25H,17H2,1-2H3. The molecule has 0 spiro atoms. The lowest BCUT2D eigenvalue weighted by Gasteiger charge is -2.17. The Hall–Kier alpha value is -3.40. The van der Waals surface area contributed by atoms with Gasteiger partial charge in [-0.3, -0.25) is 4.98 Å². The zero-order valence-corrected chi connectivity index (χ0v) is 16.2. The predicted molar refractivity (Wildman–Crippen MR) is 115 cm³/mol. The number of imidazole rings is 1. The van der Waals surface area contributed by atoms with Gasteiger partial charge in [0.25, 0.3) is 0 Å². The summed E-state index contributed by atoms with van der Waals surface area (Å²) in [6.45, 7) is 2.21. The van der Waals surface area contributed by atoms with E-state index in [0.29, 0.717) is 0 Å². The number of hydrogen-bond acceptors (Lipinski definition) is 3. The molecular weight excluding hydrogens is 344 g/mol. The number of hydrogen-bond donors (Lipinski definition) is 1. The van der Waals surface area contributed by atoms with Crippen LogP contribution in [0.1, 0.15) is 29.7 Å². The number of aromatic nitrogens is 3. The van der Waals surface area contributed by atoms with Gasteiger partial charge in [-0.15, -0.1) is 0 Å². The summed E-state index contributed by atoms with van der Waals surface area (Å²) in [6, 6.07) is 21.7. The second kappa shape index (κ2) is 8.09. The molecule has 1 N–H and O–H groups in total. The molecule has 4 heteroatoms. The number of benzene rings is 2. The van der Waals surface area contributed by atoms with Crippen LogP contribution in [-0.2, 0) is 6.42 Å². The summed E-state index contributed by atoms with van der Waals surface area (Å²) in [6.07, 6.45) is 8.44. The minimum absolute atomic E-state index is 0.203. The molecule has 2 aromatic carbocycles. The summed E-state index contributed by atoms with van der Waals surface area (Å²) in [4.78, 5) is 8.65. The Labute approximate surface area is 165 Å². The monoisotopic (exact) mass is 368 g/mol. The van der Waals surface area contributed by atoms with E-state index in [1.54, 1.807) is 12.4 Å². The van der Waals surface area contributed by atoms with E-state index < -0.39 is 0 Å². The zero-order chi connectivity index (χ0) is 19.3. The molecule has 0 saturated carbocycles. The van der Waals surface area contributed by atoms with Gasteiger partial charge in [0, 0.05) is 43.1 Å². The number of nitrogens with one attached hydrogen (secondary N) is 1. The highest BCUT2D eigenvalue weighted by Gasteiger charge is 2.13. The van der Waals surface area contributed by atoms with E-state index in [9.17, 15) is 0 Å². The molecule has 0 aliphatic rings. The second-order valence-corrected chi connectivity index (χ2v) is 6.94. The fourth-order valence-electron chi connectivity index (χ4n) is 3.45. The smallest absolute Gasteiger partial charge is 0.140 e. The highest BCUT2D eigenvalue weighted by atomic mass is 15.1. The molecule has 0 fully saturated rings. The van der Waals surface area contributed by atoms with Crippen LogP contribution in [0.15, 0.2) is 85.5 Å². The van der Waals surface area contributed by atoms with E-state index in [1.807, 2.05) is 31.6 Å². The SMILES string of the molecule is CNc1ccc(Cc2ccc(C(C)n3ccnc3-c3ccncc3)cc2)cc1. The first-order chi connectivity index (χ1) is 13.7. The zero-order valence-electron chi connectivity index (χ0n) is 16.2. The second-order valence-electron chi connectivity index (χ2n) is 6.94. The first-order valence-electron chi connectivity index (χ1n) is 9.53. The van der Waals surface area contributed by atoms with Gasteiger partial charge in [0.2, 0.25) is 0 Å². The van der Waals surface area contributed by atoms with Gasteiger partial charge in [-0.2, -0.15) is 0 Å². The van der Waals surface area contributed by atoms with E-state index in [-0.39, 0.29) is 6.04 Å². The summed E-state index contributed by atoms with van der Waals surface area (Å²) in [5, 5.41) is 3.16. The van der Waals surface area contributed by atoms with Gasteiger partial charge in [-0.25, -0.2) is 4.98 Å². The van der Waals surface area contributed by atoms with Crippen molar-refractivity contribution in [2.24, 2.45) is 0 Å². The molecule has 0 saturated heterocycles. The fourth-order valence-corrected chi connectivity index (χ4v) is 3.45. The van der Waals surface area contributed by atoms with Gasteiger partial charge in [-0.1, -0.05) is 36.4 Å². The van der Waals surface area contributed by atoms with Crippen LogP contribution in [0.4, 0.5) is 5.69 Å². The quantitative estimate of drug-likeness (QED) is 0.509. The van der Waals surface area contributed by atoms with Gasteiger partial charge in [0.1, 0.15) is 5.82 Å². The molecule has 140 valence electrons. The van der Waals surface area contributed by atoms with Crippen LogP contribution in [0.5, 0.6) is 0 Å². The van der Waals surface area contributed by atoms with Crippen molar-refractivity contribution < 1.29 is 0 Å². The Bertz CT molecular complexity index is 1020. The van der Waals surface area contributed by atoms with Crippen molar-refractivity contribution in [2.45, 2.75) is 19.4 Å². The summed E-state index contributed by atoms with van der Waals surface area (Å²) < 4.78 is 2.21. The Morgan fingerprint density at radius 3 is 2.14 bits per heavy atom. The van der Waals surface area contributed by atoms with Crippen LogP contribution >= 0.6 is 0 Å². The first kappa shape index (κ1) is 18.0. The lowest BCUT2D eigenvalue weighted by molar-refractivity contribution is 0.645. The van der Waals surface area contributed by atoms with Gasteiger partial charge < -0.3 is 9.88 Å². The van der Waals surface area contributed by atoms with Gasteiger partial charge in [0.15, 0.2) is 0 Å². The van der Waals surface area contributed by atoms with E-state index in [0.717, 1.165) is 23.5 Å². The van der Waals surface area contributed by atoms with Crippen LogP contribution in [0, 0.1) is 0 Å². The Morgan fingerprint density at radius 2 is 1.50 bits per heavy atom. The Balaban J connectivity index is 1.52. The average molecular weight is 368 g/mol. The third-order valence-corrected chi connectivity index (χ3v) is 5.14. The van der Waals surface area contributed by atoms with Crippen molar-refractivity contribution >= 4 is 5.69 Å². The minimum Gasteiger partial charge on any atom is -0.388 e. The van der Waals surface area contributed by atoms with Crippen LogP contribution in [-0.4, -0.2) is 21.6 Å². The molecule has 0 aliphatic carbocycles. The highest BCUT2D eigenvalue weighted by molar-refractivity contribution is 5.55. The third-order valence-electron chi connectivity index (χ3n) is 5.14. The number of anilines is 1. The van der Waals surface area contributed by atoms with Crippen LogP contribution in [0.25, 0.3) is 11.4 Å². The van der Waals surface area contributed by atoms with E-state index in [2.05, 4.69) is 75.3 Å². The topological polar surface area (TPSA) is 42.7 Å². The van der Waals surface area contributed by atoms with Crippen LogP contribution in [0.3, 0.4) is 0 Å². The Morgan fingerprint density at radius 1 is 0.857 bits per heavy atom. The third kappa shape index (κ3) is 3.81.